The van der Waals surface area contributed by atoms with Gasteiger partial charge in [-0.2, -0.15) is 15.4 Å². The van der Waals surface area contributed by atoms with Crippen LogP contribution in [-0.2, 0) is 0 Å². The molecule has 0 fully saturated rings. The first-order valence-corrected chi connectivity index (χ1v) is 5.57. The Hall–Kier alpha value is -2.49. The molecule has 2 aromatic carbocycles. The van der Waals surface area contributed by atoms with Gasteiger partial charge in [0.25, 0.3) is 0 Å². The topological polar surface area (TPSA) is 41.6 Å². The summed E-state index contributed by atoms with van der Waals surface area (Å²) in [6.45, 7) is 0. The van der Waals surface area contributed by atoms with Gasteiger partial charge in [-0.25, -0.2) is 4.39 Å². The lowest BCUT2D eigenvalue weighted by atomic mass is 10.1. The van der Waals surface area contributed by atoms with Gasteiger partial charge in [-0.3, -0.25) is 0 Å². The molecule has 3 nitrogen and oxygen atoms in total. The highest BCUT2D eigenvalue weighted by atomic mass is 19.1. The van der Waals surface area contributed by atoms with Crippen LogP contribution in [0.25, 0.3) is 22.5 Å². The van der Waals surface area contributed by atoms with Gasteiger partial charge >= 0.3 is 0 Å². The molecule has 0 spiro atoms. The number of hydrogen-bond donors (Lipinski definition) is 1. The fourth-order valence-corrected chi connectivity index (χ4v) is 1.87. The van der Waals surface area contributed by atoms with Crippen molar-refractivity contribution in [3.05, 3.63) is 60.4 Å². The van der Waals surface area contributed by atoms with Crippen LogP contribution in [0, 0.1) is 5.82 Å². The van der Waals surface area contributed by atoms with E-state index in [9.17, 15) is 4.39 Å². The molecule has 0 amide bonds. The quantitative estimate of drug-likeness (QED) is 0.745. The van der Waals surface area contributed by atoms with Crippen LogP contribution in [0.1, 0.15) is 0 Å². The monoisotopic (exact) mass is 239 g/mol. The molecule has 3 rings (SSSR count). The predicted octanol–water partition coefficient (Wildman–Crippen LogP) is 3.28. The van der Waals surface area contributed by atoms with E-state index in [0.717, 1.165) is 11.3 Å². The van der Waals surface area contributed by atoms with Crippen molar-refractivity contribution in [1.29, 1.82) is 0 Å². The van der Waals surface area contributed by atoms with Crippen LogP contribution >= 0.6 is 0 Å². The van der Waals surface area contributed by atoms with Crippen molar-refractivity contribution in [2.45, 2.75) is 0 Å². The van der Waals surface area contributed by atoms with E-state index in [2.05, 4.69) is 15.4 Å². The van der Waals surface area contributed by atoms with Crippen molar-refractivity contribution in [2.24, 2.45) is 0 Å². The number of benzene rings is 2. The molecule has 1 heterocycles. The van der Waals surface area contributed by atoms with Crippen molar-refractivity contribution >= 4 is 0 Å². The third kappa shape index (κ3) is 1.88. The Bertz CT molecular complexity index is 662. The molecular formula is C14H10FN3. The number of aromatic amines is 1. The molecule has 0 aliphatic heterocycles. The first kappa shape index (κ1) is 10.7. The van der Waals surface area contributed by atoms with E-state index in [4.69, 9.17) is 0 Å². The van der Waals surface area contributed by atoms with E-state index in [-0.39, 0.29) is 5.82 Å². The first-order valence-electron chi connectivity index (χ1n) is 5.57. The molecule has 0 aliphatic carbocycles. The highest BCUT2D eigenvalue weighted by Gasteiger charge is 2.12. The zero-order valence-electron chi connectivity index (χ0n) is 9.47. The lowest BCUT2D eigenvalue weighted by Crippen LogP contribution is -1.84. The second kappa shape index (κ2) is 4.41. The summed E-state index contributed by atoms with van der Waals surface area (Å²) in [4.78, 5) is 0. The molecule has 1 N–H and O–H groups in total. The highest BCUT2D eigenvalue weighted by Crippen LogP contribution is 2.28. The van der Waals surface area contributed by atoms with E-state index >= 15 is 0 Å². The number of H-pyrrole nitrogens is 1. The normalized spacial score (nSPS) is 10.5. The lowest BCUT2D eigenvalue weighted by Gasteiger charge is -2.01. The Balaban J connectivity index is 2.13. The molecule has 0 aliphatic rings. The van der Waals surface area contributed by atoms with Gasteiger partial charge in [0.1, 0.15) is 17.2 Å². The maximum absolute atomic E-state index is 13.2. The second-order valence-corrected chi connectivity index (χ2v) is 3.90. The number of rotatable bonds is 2. The SMILES string of the molecule is Fc1cccc(-c2n[nH]nc2-c2ccccc2)c1. The Labute approximate surface area is 103 Å². The molecular weight excluding hydrogens is 229 g/mol. The van der Waals surface area contributed by atoms with E-state index < -0.39 is 0 Å². The summed E-state index contributed by atoms with van der Waals surface area (Å²) in [5, 5.41) is 10.8. The van der Waals surface area contributed by atoms with Gasteiger partial charge in [0.15, 0.2) is 0 Å². The summed E-state index contributed by atoms with van der Waals surface area (Å²) in [5.74, 6) is -0.283. The summed E-state index contributed by atoms with van der Waals surface area (Å²) >= 11 is 0. The Morgan fingerprint density at radius 1 is 0.778 bits per heavy atom. The summed E-state index contributed by atoms with van der Waals surface area (Å²) in [7, 11) is 0. The molecule has 0 atom stereocenters. The van der Waals surface area contributed by atoms with Gasteiger partial charge in [0.2, 0.25) is 0 Å². The van der Waals surface area contributed by atoms with Crippen LogP contribution in [0.15, 0.2) is 54.6 Å². The van der Waals surface area contributed by atoms with E-state index in [1.54, 1.807) is 6.07 Å². The van der Waals surface area contributed by atoms with Crippen molar-refractivity contribution in [2.75, 3.05) is 0 Å². The molecule has 0 unspecified atom stereocenters. The summed E-state index contributed by atoms with van der Waals surface area (Å²) in [5.41, 5.74) is 3.04. The Kier molecular flexibility index (Phi) is 2.61. The standard InChI is InChI=1S/C14H10FN3/c15-12-8-4-7-11(9-12)14-13(16-18-17-14)10-5-2-1-3-6-10/h1-9H,(H,16,17,18). The summed E-state index contributed by atoms with van der Waals surface area (Å²) in [6, 6.07) is 16.0. The van der Waals surface area contributed by atoms with Crippen LogP contribution in [0.4, 0.5) is 4.39 Å². The van der Waals surface area contributed by atoms with Gasteiger partial charge in [-0.05, 0) is 12.1 Å². The van der Waals surface area contributed by atoms with Gasteiger partial charge < -0.3 is 0 Å². The second-order valence-electron chi connectivity index (χ2n) is 3.90. The number of hydrogen-bond acceptors (Lipinski definition) is 2. The lowest BCUT2D eigenvalue weighted by molar-refractivity contribution is 0.628. The average Bonchev–Trinajstić information content (AvgIpc) is 2.89. The van der Waals surface area contributed by atoms with E-state index in [0.29, 0.717) is 11.3 Å². The predicted molar refractivity (Wildman–Crippen MR) is 67.2 cm³/mol. The molecule has 0 saturated carbocycles. The van der Waals surface area contributed by atoms with E-state index in [1.807, 2.05) is 36.4 Å². The molecule has 4 heteroatoms. The minimum absolute atomic E-state index is 0.283. The zero-order chi connectivity index (χ0) is 12.4. The molecule has 1 aromatic heterocycles. The number of nitrogens with zero attached hydrogens (tertiary/aromatic N) is 2. The third-order valence-corrected chi connectivity index (χ3v) is 2.69. The third-order valence-electron chi connectivity index (χ3n) is 2.69. The Morgan fingerprint density at radius 3 is 2.17 bits per heavy atom. The molecule has 0 saturated heterocycles. The highest BCUT2D eigenvalue weighted by molar-refractivity contribution is 5.77. The Morgan fingerprint density at radius 2 is 1.44 bits per heavy atom. The van der Waals surface area contributed by atoms with Crippen molar-refractivity contribution < 1.29 is 4.39 Å². The van der Waals surface area contributed by atoms with Gasteiger partial charge in [0.05, 0.1) is 0 Å². The molecule has 3 aromatic rings. The van der Waals surface area contributed by atoms with Crippen LogP contribution in [0.2, 0.25) is 0 Å². The summed E-state index contributed by atoms with van der Waals surface area (Å²) in [6.07, 6.45) is 0. The van der Waals surface area contributed by atoms with Crippen LogP contribution in [-0.4, -0.2) is 15.4 Å². The number of nitrogens with one attached hydrogen (secondary N) is 1. The first-order chi connectivity index (χ1) is 8.84. The molecule has 88 valence electrons. The van der Waals surface area contributed by atoms with Gasteiger partial charge in [-0.1, -0.05) is 42.5 Å². The minimum atomic E-state index is -0.283. The number of halogens is 1. The van der Waals surface area contributed by atoms with Crippen molar-refractivity contribution in [3.63, 3.8) is 0 Å². The minimum Gasteiger partial charge on any atom is -0.207 e. The fourth-order valence-electron chi connectivity index (χ4n) is 1.87. The maximum Gasteiger partial charge on any atom is 0.123 e. The van der Waals surface area contributed by atoms with Crippen LogP contribution in [0.3, 0.4) is 0 Å². The van der Waals surface area contributed by atoms with E-state index in [1.165, 1.54) is 12.1 Å². The molecule has 0 radical (unpaired) electrons. The largest absolute Gasteiger partial charge is 0.207 e. The summed E-state index contributed by atoms with van der Waals surface area (Å²) < 4.78 is 13.2. The molecule has 18 heavy (non-hydrogen) atoms. The molecule has 0 bridgehead atoms. The van der Waals surface area contributed by atoms with Crippen LogP contribution < -0.4 is 0 Å². The van der Waals surface area contributed by atoms with Gasteiger partial charge in [-0.15, -0.1) is 0 Å². The maximum atomic E-state index is 13.2. The average molecular weight is 239 g/mol. The van der Waals surface area contributed by atoms with Crippen molar-refractivity contribution in [1.82, 2.24) is 15.4 Å². The van der Waals surface area contributed by atoms with Crippen molar-refractivity contribution in [3.8, 4) is 22.5 Å². The number of aromatic nitrogens is 3. The van der Waals surface area contributed by atoms with Gasteiger partial charge in [0, 0.05) is 11.1 Å². The fraction of sp³-hybridized carbons (Fsp3) is 0. The van der Waals surface area contributed by atoms with Crippen LogP contribution in [0.5, 0.6) is 0 Å². The zero-order valence-corrected chi connectivity index (χ0v) is 9.47. The smallest absolute Gasteiger partial charge is 0.123 e.